The van der Waals surface area contributed by atoms with Crippen molar-refractivity contribution in [2.75, 3.05) is 20.2 Å². The molecule has 2 unspecified atom stereocenters. The van der Waals surface area contributed by atoms with Gasteiger partial charge in [0.25, 0.3) is 0 Å². The molecule has 0 saturated heterocycles. The number of carboxylic acids is 1. The maximum atomic E-state index is 13.5. The third kappa shape index (κ3) is 13.2. The topological polar surface area (TPSA) is 154 Å². The first kappa shape index (κ1) is 51.8. The van der Waals surface area contributed by atoms with Crippen molar-refractivity contribution in [2.24, 2.45) is 0 Å². The van der Waals surface area contributed by atoms with Crippen LogP contribution in [0.3, 0.4) is 0 Å². The Morgan fingerprint density at radius 2 is 1.06 bits per heavy atom. The summed E-state index contributed by atoms with van der Waals surface area (Å²) >= 11 is 0. The monoisotopic (exact) mass is 963 g/mol. The van der Waals surface area contributed by atoms with Crippen LogP contribution in [0, 0.1) is 13.8 Å². The number of aliphatic carboxylic acids is 1. The molecule has 2 atom stereocenters. The molecular formula is C59H70N4O8. The van der Waals surface area contributed by atoms with Gasteiger partial charge in [-0.25, -0.2) is 19.2 Å². The zero-order valence-corrected chi connectivity index (χ0v) is 42.8. The van der Waals surface area contributed by atoms with E-state index in [0.717, 1.165) is 108 Å². The van der Waals surface area contributed by atoms with Gasteiger partial charge in [-0.15, -0.1) is 0 Å². The van der Waals surface area contributed by atoms with Crippen molar-refractivity contribution < 1.29 is 38.5 Å². The maximum Gasteiger partial charge on any atom is 0.410 e. The number of rotatable bonds is 12. The van der Waals surface area contributed by atoms with Gasteiger partial charge in [-0.1, -0.05) is 72.8 Å². The molecule has 8 rings (SSSR count). The third-order valence-electron chi connectivity index (χ3n) is 13.2. The molecule has 0 bridgehead atoms. The van der Waals surface area contributed by atoms with Crippen molar-refractivity contribution in [3.63, 3.8) is 0 Å². The van der Waals surface area contributed by atoms with E-state index in [9.17, 15) is 19.2 Å². The summed E-state index contributed by atoms with van der Waals surface area (Å²) in [5.41, 5.74) is 12.2. The Labute approximate surface area is 418 Å². The standard InChI is InChI=1S/C30H36N2O4.C29H34N2O4/c1-20-23(25-10-6-7-11-26(25)31-20)17-18-32(29(34)36-30(2,3)4)27-12-8-9-22-19-21(13-15-24(22)27)14-16-28(33)35-5;1-19-22(24-9-5-6-10-25(24)30-19)16-17-31(28(34)35-29(2,3)4)26-11-7-8-21-18-20(12-14-23(21)26)13-15-27(32)33/h6-7,10-11,13-16,19,27,31H,8-9,12,17-18H2,1-5H3;5-6,9-10,12-15,18,26,30H,7-8,11,16-17H2,1-4H3,(H,32,33)/b16-14+;15-13+. The number of carboxylic acid groups (broad SMARTS) is 1. The number of carbonyl (C=O) groups excluding carboxylic acids is 3. The highest BCUT2D eigenvalue weighted by atomic mass is 16.6. The van der Waals surface area contributed by atoms with E-state index in [0.29, 0.717) is 13.1 Å². The molecule has 12 heteroatoms. The third-order valence-corrected chi connectivity index (χ3v) is 13.2. The van der Waals surface area contributed by atoms with Crippen LogP contribution in [0.25, 0.3) is 34.0 Å². The summed E-state index contributed by atoms with van der Waals surface area (Å²) in [5, 5.41) is 11.3. The van der Waals surface area contributed by atoms with Crippen molar-refractivity contribution in [1.29, 1.82) is 0 Å². The molecule has 0 fully saturated rings. The van der Waals surface area contributed by atoms with Gasteiger partial charge >= 0.3 is 24.1 Å². The smallest absolute Gasteiger partial charge is 0.410 e. The molecule has 2 aromatic heterocycles. The lowest BCUT2D eigenvalue weighted by molar-refractivity contribution is -0.135. The molecule has 71 heavy (non-hydrogen) atoms. The van der Waals surface area contributed by atoms with Gasteiger partial charge in [-0.2, -0.15) is 0 Å². The Kier molecular flexibility index (Phi) is 16.3. The first-order chi connectivity index (χ1) is 33.8. The quantitative estimate of drug-likeness (QED) is 0.0622. The Bertz CT molecular complexity index is 2940. The van der Waals surface area contributed by atoms with E-state index in [1.165, 1.54) is 40.6 Å². The number of nitrogens with one attached hydrogen (secondary N) is 2. The van der Waals surface area contributed by atoms with Crippen LogP contribution in [0.1, 0.15) is 135 Å². The summed E-state index contributed by atoms with van der Waals surface area (Å²) in [4.78, 5) is 60.1. The van der Waals surface area contributed by atoms with E-state index >= 15 is 0 Å². The minimum atomic E-state index is -0.968. The first-order valence-electron chi connectivity index (χ1n) is 24.8. The van der Waals surface area contributed by atoms with Crippen LogP contribution >= 0.6 is 0 Å². The van der Waals surface area contributed by atoms with Gasteiger partial charge < -0.3 is 39.1 Å². The molecule has 3 N–H and O–H groups in total. The van der Waals surface area contributed by atoms with Crippen LogP contribution in [0.15, 0.2) is 97.1 Å². The van der Waals surface area contributed by atoms with Gasteiger partial charge in [0.05, 0.1) is 19.2 Å². The fraction of sp³-hybridized carbons (Fsp3) is 0.390. The number of para-hydroxylation sites is 2. The van der Waals surface area contributed by atoms with Crippen molar-refractivity contribution in [3.8, 4) is 0 Å². The first-order valence-corrected chi connectivity index (χ1v) is 24.8. The number of aromatic nitrogens is 2. The Morgan fingerprint density at radius 1 is 0.634 bits per heavy atom. The molecule has 0 aliphatic heterocycles. The van der Waals surface area contributed by atoms with E-state index in [2.05, 4.69) is 60.2 Å². The fourth-order valence-corrected chi connectivity index (χ4v) is 10.0. The lowest BCUT2D eigenvalue weighted by atomic mass is 9.85. The predicted octanol–water partition coefficient (Wildman–Crippen LogP) is 13.0. The highest BCUT2D eigenvalue weighted by Crippen LogP contribution is 2.38. The van der Waals surface area contributed by atoms with E-state index in [4.69, 9.17) is 19.3 Å². The van der Waals surface area contributed by atoms with Crippen molar-refractivity contribution in [1.82, 2.24) is 19.8 Å². The number of aromatic amines is 2. The molecule has 2 amide bonds. The second-order valence-electron chi connectivity index (χ2n) is 20.7. The van der Waals surface area contributed by atoms with Crippen LogP contribution < -0.4 is 0 Å². The molecule has 2 heterocycles. The van der Waals surface area contributed by atoms with Crippen LogP contribution in [0.4, 0.5) is 9.59 Å². The van der Waals surface area contributed by atoms with Gasteiger partial charge in [-0.3, -0.25) is 0 Å². The summed E-state index contributed by atoms with van der Waals surface area (Å²) in [6.45, 7) is 16.7. The largest absolute Gasteiger partial charge is 0.478 e. The lowest BCUT2D eigenvalue weighted by Crippen LogP contribution is -2.41. The number of aryl methyl sites for hydroxylation is 4. The minimum absolute atomic E-state index is 0.0623. The van der Waals surface area contributed by atoms with Gasteiger partial charge in [0.2, 0.25) is 0 Å². The molecule has 6 aromatic rings. The van der Waals surface area contributed by atoms with Gasteiger partial charge in [0.1, 0.15) is 11.2 Å². The van der Waals surface area contributed by atoms with Crippen LogP contribution in [0.2, 0.25) is 0 Å². The number of hydrogen-bond acceptors (Lipinski definition) is 7. The number of carbonyl (C=O) groups is 4. The number of ether oxygens (including phenoxy) is 3. The summed E-state index contributed by atoms with van der Waals surface area (Å²) < 4.78 is 16.4. The highest BCUT2D eigenvalue weighted by molar-refractivity contribution is 5.88. The molecule has 0 radical (unpaired) electrons. The van der Waals surface area contributed by atoms with E-state index < -0.39 is 17.2 Å². The Balaban J connectivity index is 0.000000209. The molecule has 12 nitrogen and oxygen atoms in total. The van der Waals surface area contributed by atoms with Gasteiger partial charge in [-0.05, 0) is 176 Å². The average molecular weight is 963 g/mol. The summed E-state index contributed by atoms with van der Waals surface area (Å²) in [5.74, 6) is -1.35. The van der Waals surface area contributed by atoms with Gasteiger partial charge in [0, 0.05) is 58.4 Å². The number of esters is 1. The summed E-state index contributed by atoms with van der Waals surface area (Å²) in [6, 6.07) is 28.6. The number of benzene rings is 4. The van der Waals surface area contributed by atoms with E-state index in [1.54, 1.807) is 12.2 Å². The Morgan fingerprint density at radius 3 is 1.46 bits per heavy atom. The molecule has 374 valence electrons. The maximum absolute atomic E-state index is 13.5. The number of fused-ring (bicyclic) bond motifs is 4. The zero-order chi connectivity index (χ0) is 51.0. The molecule has 2 aliphatic rings. The van der Waals surface area contributed by atoms with Crippen LogP contribution in [-0.4, -0.2) is 80.4 Å². The second kappa shape index (κ2) is 22.3. The second-order valence-corrected chi connectivity index (χ2v) is 20.7. The SMILES string of the molecule is COC(=O)/C=C/c1ccc2c(c1)CCCC2N(CCc1c(C)[nH]c2ccccc12)C(=O)OC(C)(C)C.Cc1[nH]c2ccccc2c1CCN(C(=O)OC(C)(C)C)C1CCCc2cc(/C=C/C(=O)O)ccc21. The van der Waals surface area contributed by atoms with Crippen molar-refractivity contribution in [2.45, 2.75) is 130 Å². The normalized spacial score (nSPS) is 15.7. The van der Waals surface area contributed by atoms with Gasteiger partial charge in [0.15, 0.2) is 0 Å². The summed E-state index contributed by atoms with van der Waals surface area (Å²) in [7, 11) is 1.37. The fourth-order valence-electron chi connectivity index (χ4n) is 10.0. The van der Waals surface area contributed by atoms with E-state index in [-0.39, 0.29) is 30.2 Å². The summed E-state index contributed by atoms with van der Waals surface area (Å²) in [6.07, 6.45) is 12.4. The lowest BCUT2D eigenvalue weighted by Gasteiger charge is -2.37. The molecule has 4 aromatic carbocycles. The molecule has 0 spiro atoms. The molecular weight excluding hydrogens is 893 g/mol. The predicted molar refractivity (Wildman–Crippen MR) is 281 cm³/mol. The average Bonchev–Trinajstić information content (AvgIpc) is 3.82. The molecule has 2 aliphatic carbocycles. The van der Waals surface area contributed by atoms with Crippen molar-refractivity contribution >= 4 is 58.1 Å². The number of hydrogen-bond donors (Lipinski definition) is 3. The number of amides is 2. The molecule has 0 saturated carbocycles. The Hall–Kier alpha value is -7.08. The number of methoxy groups -OCH3 is 1. The zero-order valence-electron chi connectivity index (χ0n) is 42.8. The van der Waals surface area contributed by atoms with E-state index in [1.807, 2.05) is 99.9 Å². The minimum Gasteiger partial charge on any atom is -0.478 e. The number of H-pyrrole nitrogens is 2. The number of nitrogens with zero attached hydrogens (tertiary/aromatic N) is 2. The van der Waals surface area contributed by atoms with Crippen LogP contribution in [0.5, 0.6) is 0 Å². The highest BCUT2D eigenvalue weighted by Gasteiger charge is 2.34. The van der Waals surface area contributed by atoms with Crippen LogP contribution in [-0.2, 0) is 49.5 Å². The van der Waals surface area contributed by atoms with Crippen molar-refractivity contribution in [3.05, 3.63) is 153 Å².